The summed E-state index contributed by atoms with van der Waals surface area (Å²) < 4.78 is 0.936. The van der Waals surface area contributed by atoms with E-state index in [0.29, 0.717) is 16.9 Å². The first-order chi connectivity index (χ1) is 14.8. The van der Waals surface area contributed by atoms with Gasteiger partial charge in [0.15, 0.2) is 0 Å². The number of anilines is 2. The van der Waals surface area contributed by atoms with Crippen LogP contribution in [0.5, 0.6) is 0 Å². The van der Waals surface area contributed by atoms with Crippen molar-refractivity contribution in [3.05, 3.63) is 58.1 Å². The fourth-order valence-electron chi connectivity index (χ4n) is 3.80. The quantitative estimate of drug-likeness (QED) is 0.604. The van der Waals surface area contributed by atoms with Crippen molar-refractivity contribution in [2.75, 3.05) is 24.2 Å². The maximum Gasteiger partial charge on any atom is 0.254 e. The Bertz CT molecular complexity index is 970. The number of likely N-dealkylation sites (N-methyl/N-ethyl adjacent to an activating group) is 1. The number of halogens is 1. The summed E-state index contributed by atoms with van der Waals surface area (Å²) >= 11 is 3.40. The average Bonchev–Trinajstić information content (AvgIpc) is 2.76. The zero-order valence-electron chi connectivity index (χ0n) is 17.9. The summed E-state index contributed by atoms with van der Waals surface area (Å²) in [7, 11) is 1.59. The monoisotopic (exact) mass is 485 g/mol. The smallest absolute Gasteiger partial charge is 0.254 e. The Morgan fingerprint density at radius 3 is 2.48 bits per heavy atom. The molecule has 0 radical (unpaired) electrons. The Hall–Kier alpha value is -2.67. The van der Waals surface area contributed by atoms with Crippen molar-refractivity contribution in [3.63, 3.8) is 0 Å². The van der Waals surface area contributed by atoms with Gasteiger partial charge in [0.1, 0.15) is 0 Å². The van der Waals surface area contributed by atoms with Gasteiger partial charge in [0.25, 0.3) is 5.91 Å². The van der Waals surface area contributed by atoms with Crippen molar-refractivity contribution in [2.24, 2.45) is 5.92 Å². The highest BCUT2D eigenvalue weighted by atomic mass is 79.9. The second-order valence-corrected chi connectivity index (χ2v) is 8.99. The van der Waals surface area contributed by atoms with Crippen LogP contribution in [0.4, 0.5) is 11.4 Å². The summed E-state index contributed by atoms with van der Waals surface area (Å²) in [5.41, 5.74) is 2.67. The van der Waals surface area contributed by atoms with Crippen molar-refractivity contribution >= 4 is 45.0 Å². The van der Waals surface area contributed by atoms with E-state index in [4.69, 9.17) is 0 Å². The molecule has 1 saturated carbocycles. The van der Waals surface area contributed by atoms with E-state index in [9.17, 15) is 14.4 Å². The summed E-state index contributed by atoms with van der Waals surface area (Å²) in [6.45, 7) is 1.83. The molecular formula is C24H28BrN3O3. The lowest BCUT2D eigenvalue weighted by atomic mass is 9.88. The summed E-state index contributed by atoms with van der Waals surface area (Å²) in [6, 6.07) is 12.4. The predicted molar refractivity (Wildman–Crippen MR) is 126 cm³/mol. The van der Waals surface area contributed by atoms with Crippen molar-refractivity contribution in [1.29, 1.82) is 0 Å². The van der Waals surface area contributed by atoms with E-state index >= 15 is 0 Å². The van der Waals surface area contributed by atoms with E-state index < -0.39 is 0 Å². The van der Waals surface area contributed by atoms with Crippen LogP contribution in [-0.4, -0.2) is 36.2 Å². The molecule has 1 aliphatic carbocycles. The lowest BCUT2D eigenvalue weighted by molar-refractivity contribution is -0.120. The van der Waals surface area contributed by atoms with Crippen LogP contribution in [-0.2, 0) is 9.59 Å². The number of nitrogens with one attached hydrogen (secondary N) is 2. The second-order valence-electron chi connectivity index (χ2n) is 8.07. The zero-order chi connectivity index (χ0) is 22.4. The molecule has 3 rings (SSSR count). The van der Waals surface area contributed by atoms with Crippen LogP contribution in [0, 0.1) is 12.8 Å². The molecule has 2 aromatic rings. The number of benzene rings is 2. The predicted octanol–water partition coefficient (Wildman–Crippen LogP) is 4.99. The van der Waals surface area contributed by atoms with Crippen LogP contribution in [0.25, 0.3) is 0 Å². The fourth-order valence-corrected chi connectivity index (χ4v) is 4.28. The van der Waals surface area contributed by atoms with Gasteiger partial charge in [-0.3, -0.25) is 14.4 Å². The largest absolute Gasteiger partial charge is 0.332 e. The maximum absolute atomic E-state index is 12.8. The van der Waals surface area contributed by atoms with Crippen LogP contribution in [0.1, 0.15) is 48.0 Å². The summed E-state index contributed by atoms with van der Waals surface area (Å²) in [5, 5.41) is 5.78. The minimum atomic E-state index is -0.281. The van der Waals surface area contributed by atoms with Crippen molar-refractivity contribution in [3.8, 4) is 0 Å². The molecule has 0 saturated heterocycles. The Kier molecular flexibility index (Phi) is 7.85. The molecule has 31 heavy (non-hydrogen) atoms. The van der Waals surface area contributed by atoms with Crippen LogP contribution >= 0.6 is 15.9 Å². The van der Waals surface area contributed by atoms with Gasteiger partial charge in [0.05, 0.1) is 6.54 Å². The highest BCUT2D eigenvalue weighted by Gasteiger charge is 2.22. The molecule has 2 N–H and O–H groups in total. The van der Waals surface area contributed by atoms with E-state index in [1.165, 1.54) is 11.3 Å². The van der Waals surface area contributed by atoms with E-state index in [1.807, 2.05) is 25.1 Å². The normalized spacial score (nSPS) is 14.0. The van der Waals surface area contributed by atoms with Gasteiger partial charge >= 0.3 is 0 Å². The fraction of sp³-hybridized carbons (Fsp3) is 0.375. The topological polar surface area (TPSA) is 78.5 Å². The Morgan fingerprint density at radius 2 is 1.77 bits per heavy atom. The number of aryl methyl sites for hydroxylation is 1. The summed E-state index contributed by atoms with van der Waals surface area (Å²) in [4.78, 5) is 39.1. The molecule has 0 bridgehead atoms. The van der Waals surface area contributed by atoms with Crippen molar-refractivity contribution in [2.45, 2.75) is 39.0 Å². The minimum absolute atomic E-state index is 0.0156. The van der Waals surface area contributed by atoms with Gasteiger partial charge in [-0.05, 0) is 61.7 Å². The molecule has 1 fully saturated rings. The highest BCUT2D eigenvalue weighted by molar-refractivity contribution is 9.10. The van der Waals surface area contributed by atoms with Gasteiger partial charge in [0, 0.05) is 34.4 Å². The standard InChI is InChI=1S/C24H28BrN3O3/c1-16-13-19(25)11-12-21(16)27-22(29)15-28(2)24(31)18-9-6-10-20(14-18)26-23(30)17-7-4-3-5-8-17/h6,9-14,17H,3-5,7-8,15H2,1-2H3,(H,26,30)(H,27,29). The number of hydrogen-bond acceptors (Lipinski definition) is 3. The van der Waals surface area contributed by atoms with Crippen LogP contribution in [0.2, 0.25) is 0 Å². The molecule has 0 atom stereocenters. The minimum Gasteiger partial charge on any atom is -0.332 e. The molecule has 0 spiro atoms. The molecule has 1 aliphatic rings. The van der Waals surface area contributed by atoms with Gasteiger partial charge < -0.3 is 15.5 Å². The third-order valence-corrected chi connectivity index (χ3v) is 6.04. The van der Waals surface area contributed by atoms with E-state index in [-0.39, 0.29) is 30.2 Å². The lowest BCUT2D eigenvalue weighted by Gasteiger charge is -2.21. The van der Waals surface area contributed by atoms with Gasteiger partial charge in [-0.25, -0.2) is 0 Å². The molecule has 0 aliphatic heterocycles. The summed E-state index contributed by atoms with van der Waals surface area (Å²) in [5.74, 6) is -0.497. The van der Waals surface area contributed by atoms with Gasteiger partial charge in [-0.15, -0.1) is 0 Å². The molecule has 164 valence electrons. The molecule has 3 amide bonds. The van der Waals surface area contributed by atoms with E-state index in [1.54, 1.807) is 31.3 Å². The Morgan fingerprint density at radius 1 is 1.03 bits per heavy atom. The zero-order valence-corrected chi connectivity index (χ0v) is 19.5. The van der Waals surface area contributed by atoms with Crippen molar-refractivity contribution in [1.82, 2.24) is 4.90 Å². The third-order valence-electron chi connectivity index (χ3n) is 5.54. The van der Waals surface area contributed by atoms with Gasteiger partial charge in [0.2, 0.25) is 11.8 Å². The number of nitrogens with zero attached hydrogens (tertiary/aromatic N) is 1. The molecule has 0 aromatic heterocycles. The molecule has 2 aromatic carbocycles. The molecular weight excluding hydrogens is 458 g/mol. The number of hydrogen-bond donors (Lipinski definition) is 2. The average molecular weight is 486 g/mol. The SMILES string of the molecule is Cc1cc(Br)ccc1NC(=O)CN(C)C(=O)c1cccc(NC(=O)C2CCCCC2)c1. The first-order valence-electron chi connectivity index (χ1n) is 10.6. The number of rotatable bonds is 6. The van der Waals surface area contributed by atoms with Crippen LogP contribution < -0.4 is 10.6 Å². The van der Waals surface area contributed by atoms with Crippen LogP contribution in [0.15, 0.2) is 46.9 Å². The number of carbonyl (C=O) groups is 3. The molecule has 7 heteroatoms. The maximum atomic E-state index is 12.8. The molecule has 0 unspecified atom stereocenters. The first-order valence-corrected chi connectivity index (χ1v) is 11.3. The highest BCUT2D eigenvalue weighted by Crippen LogP contribution is 2.25. The number of carbonyl (C=O) groups excluding carboxylic acids is 3. The third kappa shape index (κ3) is 6.40. The lowest BCUT2D eigenvalue weighted by Crippen LogP contribution is -2.35. The number of amides is 3. The molecule has 0 heterocycles. The van der Waals surface area contributed by atoms with Crippen molar-refractivity contribution < 1.29 is 14.4 Å². The Balaban J connectivity index is 1.59. The summed E-state index contributed by atoms with van der Waals surface area (Å²) in [6.07, 6.45) is 5.20. The Labute approximate surface area is 191 Å². The van der Waals surface area contributed by atoms with Gasteiger partial charge in [-0.2, -0.15) is 0 Å². The molecule has 6 nitrogen and oxygen atoms in total. The first kappa shape index (κ1) is 23.0. The second kappa shape index (κ2) is 10.6. The van der Waals surface area contributed by atoms with Gasteiger partial charge in [-0.1, -0.05) is 41.3 Å². The van der Waals surface area contributed by atoms with E-state index in [2.05, 4.69) is 26.6 Å². The van der Waals surface area contributed by atoms with Crippen LogP contribution in [0.3, 0.4) is 0 Å². The van der Waals surface area contributed by atoms with E-state index in [0.717, 1.165) is 35.7 Å².